The van der Waals surface area contributed by atoms with Crippen molar-refractivity contribution in [2.45, 2.75) is 12.8 Å². The standard InChI is InChI=1S/C32H21N3/c1-3-7-27-19(5-1)23-11-17-9-10-18-12-24-26-16-31-25(20-6-2-4-8-28(20)34-31)15-32(26)35-30(24)14-22(18)21(17)13-29(23)33-27/h1-8,11-16,33-35H,9-10H2. The lowest BCUT2D eigenvalue weighted by atomic mass is 9.84. The molecular formula is C32H21N3. The van der Waals surface area contributed by atoms with Crippen LogP contribution < -0.4 is 0 Å². The zero-order chi connectivity index (χ0) is 22.7. The summed E-state index contributed by atoms with van der Waals surface area (Å²) in [5, 5.41) is 7.80. The average molecular weight is 448 g/mol. The highest BCUT2D eigenvalue weighted by atomic mass is 14.7. The van der Waals surface area contributed by atoms with Crippen LogP contribution in [0.2, 0.25) is 0 Å². The van der Waals surface area contributed by atoms with Crippen molar-refractivity contribution in [1.82, 2.24) is 15.0 Å². The monoisotopic (exact) mass is 447 g/mol. The van der Waals surface area contributed by atoms with E-state index >= 15 is 0 Å². The maximum atomic E-state index is 3.74. The first kappa shape index (κ1) is 17.9. The molecule has 0 saturated heterocycles. The van der Waals surface area contributed by atoms with Crippen LogP contribution in [0.4, 0.5) is 0 Å². The Morgan fingerprint density at radius 3 is 1.34 bits per heavy atom. The molecule has 3 heterocycles. The van der Waals surface area contributed by atoms with Crippen LogP contribution in [0.3, 0.4) is 0 Å². The number of nitrogens with one attached hydrogen (secondary N) is 3. The molecule has 9 rings (SSSR count). The van der Waals surface area contributed by atoms with E-state index in [0.29, 0.717) is 0 Å². The van der Waals surface area contributed by atoms with Gasteiger partial charge in [-0.2, -0.15) is 0 Å². The number of hydrogen-bond donors (Lipinski definition) is 3. The van der Waals surface area contributed by atoms with Crippen molar-refractivity contribution >= 4 is 65.4 Å². The Morgan fingerprint density at radius 1 is 0.371 bits per heavy atom. The molecule has 3 aromatic heterocycles. The van der Waals surface area contributed by atoms with Crippen LogP contribution >= 0.6 is 0 Å². The van der Waals surface area contributed by atoms with Gasteiger partial charge in [0.25, 0.3) is 0 Å². The van der Waals surface area contributed by atoms with Crippen molar-refractivity contribution in [2.75, 3.05) is 0 Å². The highest BCUT2D eigenvalue weighted by Crippen LogP contribution is 2.41. The predicted octanol–water partition coefficient (Wildman–Crippen LogP) is 8.36. The SMILES string of the molecule is c1ccc2c(c1)[nH]c1cc3c(cc12)CCc1cc2c(cc1-3)[nH]c1cc3c(cc12)[nH]c1ccccc13. The molecule has 5 aromatic carbocycles. The van der Waals surface area contributed by atoms with E-state index in [1.54, 1.807) is 0 Å². The minimum absolute atomic E-state index is 1.08. The maximum Gasteiger partial charge on any atom is 0.0472 e. The molecule has 0 radical (unpaired) electrons. The Hall–Kier alpha value is -4.50. The Kier molecular flexibility index (Phi) is 3.14. The molecule has 1 aliphatic rings. The topological polar surface area (TPSA) is 47.4 Å². The van der Waals surface area contributed by atoms with Gasteiger partial charge in [0.15, 0.2) is 0 Å². The number of aryl methyl sites for hydroxylation is 2. The average Bonchev–Trinajstić information content (AvgIpc) is 3.55. The molecule has 0 amide bonds. The Morgan fingerprint density at radius 2 is 0.771 bits per heavy atom. The van der Waals surface area contributed by atoms with Crippen molar-refractivity contribution in [1.29, 1.82) is 0 Å². The minimum atomic E-state index is 1.08. The summed E-state index contributed by atoms with van der Waals surface area (Å²) in [6, 6.07) is 31.4. The third-order valence-corrected chi connectivity index (χ3v) is 8.13. The molecule has 0 spiro atoms. The molecule has 0 fully saturated rings. The lowest BCUT2D eigenvalue weighted by Crippen LogP contribution is -2.04. The number of aromatic nitrogens is 3. The fourth-order valence-corrected chi connectivity index (χ4v) is 6.47. The fourth-order valence-electron chi connectivity index (χ4n) is 6.47. The van der Waals surface area contributed by atoms with Gasteiger partial charge in [-0.1, -0.05) is 36.4 Å². The third-order valence-electron chi connectivity index (χ3n) is 8.13. The van der Waals surface area contributed by atoms with E-state index in [2.05, 4.69) is 99.9 Å². The van der Waals surface area contributed by atoms with Crippen LogP contribution in [0.15, 0.2) is 84.9 Å². The summed E-state index contributed by atoms with van der Waals surface area (Å²) in [5.74, 6) is 0. The number of fused-ring (bicyclic) bond motifs is 12. The van der Waals surface area contributed by atoms with Crippen molar-refractivity contribution in [3.05, 3.63) is 96.1 Å². The summed E-state index contributed by atoms with van der Waals surface area (Å²) in [6.07, 6.45) is 2.16. The van der Waals surface area contributed by atoms with Gasteiger partial charge >= 0.3 is 0 Å². The lowest BCUT2D eigenvalue weighted by molar-refractivity contribution is 0.946. The second-order valence-electron chi connectivity index (χ2n) is 10.0. The summed E-state index contributed by atoms with van der Waals surface area (Å²) in [7, 11) is 0. The quantitative estimate of drug-likeness (QED) is 0.209. The molecule has 3 N–H and O–H groups in total. The summed E-state index contributed by atoms with van der Waals surface area (Å²) >= 11 is 0. The van der Waals surface area contributed by atoms with Crippen LogP contribution in [0.5, 0.6) is 0 Å². The predicted molar refractivity (Wildman–Crippen MR) is 147 cm³/mol. The van der Waals surface area contributed by atoms with Gasteiger partial charge in [0.2, 0.25) is 0 Å². The molecule has 0 unspecified atom stereocenters. The van der Waals surface area contributed by atoms with Gasteiger partial charge in [0, 0.05) is 65.4 Å². The van der Waals surface area contributed by atoms with Crippen LogP contribution in [-0.4, -0.2) is 15.0 Å². The number of para-hydroxylation sites is 2. The molecule has 35 heavy (non-hydrogen) atoms. The summed E-state index contributed by atoms with van der Waals surface area (Å²) < 4.78 is 0. The van der Waals surface area contributed by atoms with Gasteiger partial charge in [0.05, 0.1) is 0 Å². The Balaban J connectivity index is 1.30. The zero-order valence-electron chi connectivity index (χ0n) is 19.0. The normalized spacial score (nSPS) is 13.5. The second kappa shape index (κ2) is 6.13. The summed E-state index contributed by atoms with van der Waals surface area (Å²) in [6.45, 7) is 0. The molecule has 0 bridgehead atoms. The van der Waals surface area contributed by atoms with E-state index < -0.39 is 0 Å². The van der Waals surface area contributed by atoms with Crippen LogP contribution in [0.25, 0.3) is 76.5 Å². The lowest BCUT2D eigenvalue weighted by Gasteiger charge is -2.20. The molecule has 0 saturated carbocycles. The van der Waals surface area contributed by atoms with Gasteiger partial charge in [-0.3, -0.25) is 0 Å². The highest BCUT2D eigenvalue weighted by Gasteiger charge is 2.20. The van der Waals surface area contributed by atoms with Crippen molar-refractivity contribution in [3.8, 4) is 11.1 Å². The number of benzene rings is 5. The first-order chi connectivity index (χ1) is 17.3. The molecular weight excluding hydrogens is 426 g/mol. The molecule has 3 heteroatoms. The Bertz CT molecular complexity index is 2170. The summed E-state index contributed by atoms with van der Waals surface area (Å²) in [5.41, 5.74) is 12.8. The molecule has 0 aliphatic heterocycles. The largest absolute Gasteiger partial charge is 0.354 e. The van der Waals surface area contributed by atoms with E-state index in [1.807, 2.05) is 0 Å². The van der Waals surface area contributed by atoms with Crippen molar-refractivity contribution in [3.63, 3.8) is 0 Å². The molecule has 3 nitrogen and oxygen atoms in total. The van der Waals surface area contributed by atoms with Crippen molar-refractivity contribution in [2.24, 2.45) is 0 Å². The first-order valence-electron chi connectivity index (χ1n) is 12.3. The number of hydrogen-bond acceptors (Lipinski definition) is 0. The second-order valence-corrected chi connectivity index (χ2v) is 10.0. The zero-order valence-corrected chi connectivity index (χ0v) is 19.0. The number of rotatable bonds is 0. The van der Waals surface area contributed by atoms with Gasteiger partial charge in [-0.25, -0.2) is 0 Å². The highest BCUT2D eigenvalue weighted by molar-refractivity contribution is 6.18. The third kappa shape index (κ3) is 2.30. The Labute approximate surface area is 200 Å². The van der Waals surface area contributed by atoms with E-state index in [0.717, 1.165) is 12.8 Å². The van der Waals surface area contributed by atoms with Crippen LogP contribution in [-0.2, 0) is 12.8 Å². The minimum Gasteiger partial charge on any atom is -0.354 e. The van der Waals surface area contributed by atoms with E-state index in [9.17, 15) is 0 Å². The first-order valence-corrected chi connectivity index (χ1v) is 12.3. The van der Waals surface area contributed by atoms with Crippen LogP contribution in [0.1, 0.15) is 11.1 Å². The molecule has 1 aliphatic carbocycles. The van der Waals surface area contributed by atoms with Crippen LogP contribution in [0, 0.1) is 0 Å². The van der Waals surface area contributed by atoms with Gasteiger partial charge in [-0.05, 0) is 83.6 Å². The molecule has 0 atom stereocenters. The maximum absolute atomic E-state index is 3.74. The smallest absolute Gasteiger partial charge is 0.0472 e. The fraction of sp³-hybridized carbons (Fsp3) is 0.0625. The van der Waals surface area contributed by atoms with Crippen molar-refractivity contribution < 1.29 is 0 Å². The number of aromatic amines is 3. The van der Waals surface area contributed by atoms with E-state index in [1.165, 1.54) is 87.7 Å². The van der Waals surface area contributed by atoms with Gasteiger partial charge in [-0.15, -0.1) is 0 Å². The number of H-pyrrole nitrogens is 3. The van der Waals surface area contributed by atoms with Gasteiger partial charge in [0.1, 0.15) is 0 Å². The molecule has 8 aromatic rings. The summed E-state index contributed by atoms with van der Waals surface area (Å²) in [4.78, 5) is 11.0. The van der Waals surface area contributed by atoms with Gasteiger partial charge < -0.3 is 15.0 Å². The molecule has 164 valence electrons. The van der Waals surface area contributed by atoms with E-state index in [4.69, 9.17) is 0 Å². The van der Waals surface area contributed by atoms with E-state index in [-0.39, 0.29) is 0 Å².